The Morgan fingerprint density at radius 3 is 2.89 bits per heavy atom. The van der Waals surface area contributed by atoms with Crippen LogP contribution in [0.1, 0.15) is 51.9 Å². The number of aromatic nitrogens is 2. The van der Waals surface area contributed by atoms with Crippen LogP contribution in [0.5, 0.6) is 0 Å². The molecule has 18 heavy (non-hydrogen) atoms. The fourth-order valence-corrected chi connectivity index (χ4v) is 2.35. The van der Waals surface area contributed by atoms with Crippen molar-refractivity contribution in [2.45, 2.75) is 57.9 Å². The van der Waals surface area contributed by atoms with Crippen molar-refractivity contribution in [3.8, 4) is 0 Å². The molecule has 0 atom stereocenters. The highest BCUT2D eigenvalue weighted by Crippen LogP contribution is 2.20. The first kappa shape index (κ1) is 13.1. The summed E-state index contributed by atoms with van der Waals surface area (Å²) >= 11 is 0. The summed E-state index contributed by atoms with van der Waals surface area (Å²) in [5.41, 5.74) is 0. The minimum atomic E-state index is 0.560. The maximum Gasteiger partial charge on any atom is 0.224 e. The molecule has 1 heterocycles. The van der Waals surface area contributed by atoms with Crippen molar-refractivity contribution < 1.29 is 0 Å². The summed E-state index contributed by atoms with van der Waals surface area (Å²) in [5, 5.41) is 6.78. The number of hydrogen-bond acceptors (Lipinski definition) is 4. The molecule has 0 bridgehead atoms. The molecule has 0 amide bonds. The SMILES string of the molecule is CCCCNc1ccnc(NC2CCCCC2)n1. The van der Waals surface area contributed by atoms with Gasteiger partial charge in [-0.3, -0.25) is 0 Å². The van der Waals surface area contributed by atoms with Crippen LogP contribution in [0, 0.1) is 0 Å². The zero-order valence-electron chi connectivity index (χ0n) is 11.3. The Labute approximate surface area is 110 Å². The number of anilines is 2. The Bertz CT molecular complexity index is 347. The normalized spacial score (nSPS) is 16.5. The van der Waals surface area contributed by atoms with Gasteiger partial charge in [0.15, 0.2) is 0 Å². The molecule has 0 spiro atoms. The molecule has 1 aliphatic carbocycles. The first-order chi connectivity index (χ1) is 8.88. The number of nitrogens with zero attached hydrogens (tertiary/aromatic N) is 2. The Hall–Kier alpha value is -1.32. The van der Waals surface area contributed by atoms with E-state index in [9.17, 15) is 0 Å². The fraction of sp³-hybridized carbons (Fsp3) is 0.714. The number of unbranched alkanes of at least 4 members (excludes halogenated alkanes) is 1. The van der Waals surface area contributed by atoms with Gasteiger partial charge in [0.2, 0.25) is 5.95 Å². The van der Waals surface area contributed by atoms with Gasteiger partial charge in [0.1, 0.15) is 5.82 Å². The second kappa shape index (κ2) is 7.19. The second-order valence-corrected chi connectivity index (χ2v) is 5.03. The molecule has 0 unspecified atom stereocenters. The lowest BCUT2D eigenvalue weighted by Crippen LogP contribution is -2.23. The van der Waals surface area contributed by atoms with Crippen molar-refractivity contribution in [2.75, 3.05) is 17.2 Å². The van der Waals surface area contributed by atoms with Crippen LogP contribution in [-0.2, 0) is 0 Å². The van der Waals surface area contributed by atoms with Crippen molar-refractivity contribution in [3.63, 3.8) is 0 Å². The quantitative estimate of drug-likeness (QED) is 0.757. The molecule has 2 N–H and O–H groups in total. The van der Waals surface area contributed by atoms with E-state index < -0.39 is 0 Å². The fourth-order valence-electron chi connectivity index (χ4n) is 2.35. The van der Waals surface area contributed by atoms with Crippen molar-refractivity contribution in [2.24, 2.45) is 0 Å². The first-order valence-electron chi connectivity index (χ1n) is 7.22. The highest BCUT2D eigenvalue weighted by Gasteiger charge is 2.13. The predicted molar refractivity (Wildman–Crippen MR) is 75.9 cm³/mol. The first-order valence-corrected chi connectivity index (χ1v) is 7.22. The molecule has 0 aromatic carbocycles. The minimum Gasteiger partial charge on any atom is -0.370 e. The molecule has 2 rings (SSSR count). The summed E-state index contributed by atoms with van der Waals surface area (Å²) in [7, 11) is 0. The smallest absolute Gasteiger partial charge is 0.224 e. The van der Waals surface area contributed by atoms with E-state index in [1.807, 2.05) is 12.3 Å². The van der Waals surface area contributed by atoms with E-state index >= 15 is 0 Å². The van der Waals surface area contributed by atoms with Crippen LogP contribution in [0.15, 0.2) is 12.3 Å². The largest absolute Gasteiger partial charge is 0.370 e. The van der Waals surface area contributed by atoms with Crippen molar-refractivity contribution in [1.29, 1.82) is 0 Å². The van der Waals surface area contributed by atoms with Crippen LogP contribution in [0.3, 0.4) is 0 Å². The highest BCUT2D eigenvalue weighted by atomic mass is 15.1. The second-order valence-electron chi connectivity index (χ2n) is 5.03. The van der Waals surface area contributed by atoms with Gasteiger partial charge in [0.05, 0.1) is 0 Å². The van der Waals surface area contributed by atoms with Gasteiger partial charge in [0.25, 0.3) is 0 Å². The monoisotopic (exact) mass is 248 g/mol. The lowest BCUT2D eigenvalue weighted by atomic mass is 9.96. The van der Waals surface area contributed by atoms with Crippen molar-refractivity contribution in [3.05, 3.63) is 12.3 Å². The molecule has 1 saturated carbocycles. The van der Waals surface area contributed by atoms with E-state index in [4.69, 9.17) is 0 Å². The average molecular weight is 248 g/mol. The zero-order chi connectivity index (χ0) is 12.6. The molecular formula is C14H24N4. The Morgan fingerprint density at radius 1 is 1.28 bits per heavy atom. The molecular weight excluding hydrogens is 224 g/mol. The van der Waals surface area contributed by atoms with Crippen molar-refractivity contribution >= 4 is 11.8 Å². The lowest BCUT2D eigenvalue weighted by molar-refractivity contribution is 0.461. The van der Waals surface area contributed by atoms with Gasteiger partial charge in [0, 0.05) is 18.8 Å². The molecule has 1 aromatic heterocycles. The van der Waals surface area contributed by atoms with E-state index in [0.717, 1.165) is 18.3 Å². The average Bonchev–Trinajstić information content (AvgIpc) is 2.41. The van der Waals surface area contributed by atoms with Gasteiger partial charge in [-0.05, 0) is 25.3 Å². The Kier molecular flexibility index (Phi) is 5.24. The Balaban J connectivity index is 1.85. The number of hydrogen-bond donors (Lipinski definition) is 2. The summed E-state index contributed by atoms with van der Waals surface area (Å²) in [6.45, 7) is 3.17. The zero-order valence-corrected chi connectivity index (χ0v) is 11.3. The van der Waals surface area contributed by atoms with Crippen LogP contribution < -0.4 is 10.6 Å². The standard InChI is InChI=1S/C14H24N4/c1-2-3-10-15-13-9-11-16-14(18-13)17-12-7-5-4-6-8-12/h9,11-12H,2-8,10H2,1H3,(H2,15,16,17,18). The molecule has 100 valence electrons. The van der Waals surface area contributed by atoms with E-state index in [0.29, 0.717) is 6.04 Å². The van der Waals surface area contributed by atoms with Gasteiger partial charge in [-0.25, -0.2) is 4.98 Å². The van der Waals surface area contributed by atoms with E-state index in [1.165, 1.54) is 44.9 Å². The topological polar surface area (TPSA) is 49.8 Å². The van der Waals surface area contributed by atoms with Crippen LogP contribution in [-0.4, -0.2) is 22.6 Å². The molecule has 0 radical (unpaired) electrons. The van der Waals surface area contributed by atoms with E-state index in [1.54, 1.807) is 0 Å². The molecule has 4 nitrogen and oxygen atoms in total. The molecule has 1 aliphatic rings. The predicted octanol–water partition coefficient (Wildman–Crippen LogP) is 3.43. The summed E-state index contributed by atoms with van der Waals surface area (Å²) in [6, 6.07) is 2.49. The molecule has 0 saturated heterocycles. The van der Waals surface area contributed by atoms with Crippen molar-refractivity contribution in [1.82, 2.24) is 9.97 Å². The third kappa shape index (κ3) is 4.17. The maximum atomic E-state index is 4.51. The molecule has 1 fully saturated rings. The van der Waals surface area contributed by atoms with E-state index in [-0.39, 0.29) is 0 Å². The lowest BCUT2D eigenvalue weighted by Gasteiger charge is -2.22. The highest BCUT2D eigenvalue weighted by molar-refractivity contribution is 5.39. The summed E-state index contributed by atoms with van der Waals surface area (Å²) in [4.78, 5) is 8.80. The van der Waals surface area contributed by atoms with Gasteiger partial charge < -0.3 is 10.6 Å². The third-order valence-corrected chi connectivity index (χ3v) is 3.43. The molecule has 0 aliphatic heterocycles. The van der Waals surface area contributed by atoms with Gasteiger partial charge >= 0.3 is 0 Å². The Morgan fingerprint density at radius 2 is 2.11 bits per heavy atom. The van der Waals surface area contributed by atoms with E-state index in [2.05, 4.69) is 27.5 Å². The van der Waals surface area contributed by atoms with Crippen LogP contribution in [0.25, 0.3) is 0 Å². The minimum absolute atomic E-state index is 0.560. The van der Waals surface area contributed by atoms with Crippen LogP contribution in [0.4, 0.5) is 11.8 Å². The molecule has 1 aromatic rings. The maximum absolute atomic E-state index is 4.51. The summed E-state index contributed by atoms with van der Waals surface area (Å²) in [5.74, 6) is 1.69. The summed E-state index contributed by atoms with van der Waals surface area (Å²) < 4.78 is 0. The van der Waals surface area contributed by atoms with Crippen LogP contribution in [0.2, 0.25) is 0 Å². The number of nitrogens with one attached hydrogen (secondary N) is 2. The van der Waals surface area contributed by atoms with Gasteiger partial charge in [-0.15, -0.1) is 0 Å². The summed E-state index contributed by atoms with van der Waals surface area (Å²) in [6.07, 6.45) is 10.7. The van der Waals surface area contributed by atoms with Crippen LogP contribution >= 0.6 is 0 Å². The van der Waals surface area contributed by atoms with Gasteiger partial charge in [-0.2, -0.15) is 4.98 Å². The molecule has 4 heteroatoms. The number of rotatable bonds is 6. The third-order valence-electron chi connectivity index (χ3n) is 3.43. The van der Waals surface area contributed by atoms with Gasteiger partial charge in [-0.1, -0.05) is 32.6 Å².